The molecular formula is C14H19N5O3S2. The third-order valence-electron chi connectivity index (χ3n) is 3.78. The lowest BCUT2D eigenvalue weighted by Crippen LogP contribution is -2.25. The number of thioether (sulfide) groups is 1. The minimum absolute atomic E-state index is 0.0544. The van der Waals surface area contributed by atoms with Crippen LogP contribution >= 0.6 is 23.1 Å². The highest BCUT2D eigenvalue weighted by Crippen LogP contribution is 2.25. The third kappa shape index (κ3) is 3.87. The Bertz CT molecular complexity index is 763. The number of hydrogen-bond acceptors (Lipinski definition) is 7. The van der Waals surface area contributed by atoms with Gasteiger partial charge in [-0.1, -0.05) is 11.8 Å². The molecule has 1 amide bonds. The van der Waals surface area contributed by atoms with Gasteiger partial charge < -0.3 is 4.74 Å². The van der Waals surface area contributed by atoms with Crippen LogP contribution in [0, 0.1) is 0 Å². The molecule has 2 aromatic heterocycles. The molecule has 1 fully saturated rings. The molecule has 0 aliphatic carbocycles. The normalized spacial score (nSPS) is 17.3. The van der Waals surface area contributed by atoms with E-state index in [2.05, 4.69) is 15.2 Å². The van der Waals surface area contributed by atoms with Gasteiger partial charge in [0, 0.05) is 31.7 Å². The average Bonchev–Trinajstić information content (AvgIpc) is 3.29. The van der Waals surface area contributed by atoms with Gasteiger partial charge in [0.25, 0.3) is 0 Å². The van der Waals surface area contributed by atoms with Crippen LogP contribution in [-0.4, -0.2) is 45.4 Å². The van der Waals surface area contributed by atoms with Crippen molar-refractivity contribution in [3.05, 3.63) is 21.6 Å². The standard InChI is InChI=1S/C14H19N5O3S2/c1-9(20)18(2)13-15-10(7-23-13)8-24-14-17-16-12(21)19(14)6-11-4-3-5-22-11/h7,11H,3-6,8H2,1-2H3,(H,16,21)/t11-/m0/s1. The van der Waals surface area contributed by atoms with E-state index < -0.39 is 0 Å². The monoisotopic (exact) mass is 369 g/mol. The molecule has 0 unspecified atom stereocenters. The summed E-state index contributed by atoms with van der Waals surface area (Å²) in [7, 11) is 1.70. The topological polar surface area (TPSA) is 93.1 Å². The van der Waals surface area contributed by atoms with E-state index in [0.717, 1.165) is 25.1 Å². The second kappa shape index (κ2) is 7.49. The van der Waals surface area contributed by atoms with Gasteiger partial charge in [0.05, 0.1) is 18.3 Å². The van der Waals surface area contributed by atoms with Gasteiger partial charge in [0.2, 0.25) is 5.91 Å². The van der Waals surface area contributed by atoms with Crippen LogP contribution in [0.3, 0.4) is 0 Å². The van der Waals surface area contributed by atoms with Crippen molar-refractivity contribution in [3.63, 3.8) is 0 Å². The molecule has 24 heavy (non-hydrogen) atoms. The Hall–Kier alpha value is -1.65. The predicted molar refractivity (Wildman–Crippen MR) is 92.6 cm³/mol. The molecule has 0 radical (unpaired) electrons. The van der Waals surface area contributed by atoms with E-state index in [4.69, 9.17) is 4.74 Å². The van der Waals surface area contributed by atoms with Crippen LogP contribution < -0.4 is 10.6 Å². The number of carbonyl (C=O) groups excluding carboxylic acids is 1. The summed E-state index contributed by atoms with van der Waals surface area (Å²) in [5.74, 6) is 0.527. The molecule has 130 valence electrons. The zero-order valence-corrected chi connectivity index (χ0v) is 15.2. The first-order chi connectivity index (χ1) is 11.5. The Labute approximate surface area is 147 Å². The van der Waals surface area contributed by atoms with E-state index in [9.17, 15) is 9.59 Å². The molecule has 1 saturated heterocycles. The van der Waals surface area contributed by atoms with E-state index >= 15 is 0 Å². The summed E-state index contributed by atoms with van der Waals surface area (Å²) in [5.41, 5.74) is 0.635. The molecule has 1 atom stereocenters. The molecule has 0 bridgehead atoms. The van der Waals surface area contributed by atoms with Gasteiger partial charge >= 0.3 is 5.69 Å². The first-order valence-corrected chi connectivity index (χ1v) is 9.49. The van der Waals surface area contributed by atoms with E-state index in [-0.39, 0.29) is 17.7 Å². The summed E-state index contributed by atoms with van der Waals surface area (Å²) in [5, 5.41) is 9.79. The number of amides is 1. The summed E-state index contributed by atoms with van der Waals surface area (Å²) >= 11 is 2.86. The maximum Gasteiger partial charge on any atom is 0.344 e. The van der Waals surface area contributed by atoms with Crippen LogP contribution in [0.1, 0.15) is 25.5 Å². The maximum atomic E-state index is 11.9. The second-order valence-corrected chi connectivity index (χ2v) is 7.32. The molecule has 0 saturated carbocycles. The smallest absolute Gasteiger partial charge is 0.344 e. The molecule has 1 aliphatic rings. The SMILES string of the molecule is CC(=O)N(C)c1nc(CSc2n[nH]c(=O)n2C[C@@H]2CCCO2)cs1. The van der Waals surface area contributed by atoms with Crippen molar-refractivity contribution in [1.29, 1.82) is 0 Å². The summed E-state index contributed by atoms with van der Waals surface area (Å²) in [6.45, 7) is 2.78. The quantitative estimate of drug-likeness (QED) is 0.776. The van der Waals surface area contributed by atoms with Gasteiger partial charge in [-0.05, 0) is 12.8 Å². The Morgan fingerprint density at radius 3 is 3.17 bits per heavy atom. The van der Waals surface area contributed by atoms with Gasteiger partial charge in [-0.2, -0.15) is 0 Å². The molecule has 0 aromatic carbocycles. The highest BCUT2D eigenvalue weighted by atomic mass is 32.2. The molecule has 10 heteroatoms. The van der Waals surface area contributed by atoms with Crippen molar-refractivity contribution in [3.8, 4) is 0 Å². The zero-order chi connectivity index (χ0) is 17.1. The fourth-order valence-corrected chi connectivity index (χ4v) is 4.14. The molecule has 8 nitrogen and oxygen atoms in total. The van der Waals surface area contributed by atoms with Gasteiger partial charge in [0.1, 0.15) is 0 Å². The Kier molecular flexibility index (Phi) is 5.36. The number of anilines is 1. The number of hydrogen-bond donors (Lipinski definition) is 1. The Balaban J connectivity index is 1.64. The Morgan fingerprint density at radius 1 is 1.62 bits per heavy atom. The van der Waals surface area contributed by atoms with Crippen molar-refractivity contribution in [1.82, 2.24) is 19.7 Å². The van der Waals surface area contributed by atoms with Gasteiger partial charge in [-0.15, -0.1) is 16.4 Å². The fourth-order valence-electron chi connectivity index (χ4n) is 2.36. The van der Waals surface area contributed by atoms with Crippen LogP contribution in [0.4, 0.5) is 5.13 Å². The van der Waals surface area contributed by atoms with E-state index in [1.807, 2.05) is 5.38 Å². The van der Waals surface area contributed by atoms with Gasteiger partial charge in [-0.3, -0.25) is 14.3 Å². The third-order valence-corrected chi connectivity index (χ3v) is 5.76. The van der Waals surface area contributed by atoms with E-state index in [0.29, 0.717) is 22.6 Å². The fraction of sp³-hybridized carbons (Fsp3) is 0.571. The number of H-pyrrole nitrogens is 1. The van der Waals surface area contributed by atoms with Gasteiger partial charge in [-0.25, -0.2) is 14.9 Å². The molecule has 3 heterocycles. The molecule has 0 spiro atoms. The number of rotatable bonds is 6. The van der Waals surface area contributed by atoms with E-state index in [1.54, 1.807) is 11.6 Å². The van der Waals surface area contributed by atoms with Crippen LogP contribution in [0.2, 0.25) is 0 Å². The minimum atomic E-state index is -0.219. The van der Waals surface area contributed by atoms with Crippen molar-refractivity contribution in [2.45, 2.75) is 43.3 Å². The van der Waals surface area contributed by atoms with Crippen molar-refractivity contribution >= 4 is 34.1 Å². The van der Waals surface area contributed by atoms with Crippen LogP contribution in [-0.2, 0) is 21.8 Å². The molecule has 1 N–H and O–H groups in total. The van der Waals surface area contributed by atoms with Crippen LogP contribution in [0.25, 0.3) is 0 Å². The first-order valence-electron chi connectivity index (χ1n) is 7.63. The minimum Gasteiger partial charge on any atom is -0.376 e. The van der Waals surface area contributed by atoms with Gasteiger partial charge in [0.15, 0.2) is 10.3 Å². The van der Waals surface area contributed by atoms with Crippen molar-refractivity contribution in [2.24, 2.45) is 0 Å². The maximum absolute atomic E-state index is 11.9. The lowest BCUT2D eigenvalue weighted by Gasteiger charge is -2.10. The second-order valence-electron chi connectivity index (χ2n) is 5.55. The summed E-state index contributed by atoms with van der Waals surface area (Å²) < 4.78 is 7.21. The first kappa shape index (κ1) is 17.2. The highest BCUT2D eigenvalue weighted by molar-refractivity contribution is 7.98. The predicted octanol–water partition coefficient (Wildman–Crippen LogP) is 1.48. The molecule has 2 aromatic rings. The molecule has 1 aliphatic heterocycles. The Morgan fingerprint density at radius 2 is 2.46 bits per heavy atom. The number of aromatic nitrogens is 4. The lowest BCUT2D eigenvalue weighted by atomic mass is 10.2. The number of nitrogens with zero attached hydrogens (tertiary/aromatic N) is 4. The number of aromatic amines is 1. The molecular weight excluding hydrogens is 350 g/mol. The highest BCUT2D eigenvalue weighted by Gasteiger charge is 2.20. The van der Waals surface area contributed by atoms with Crippen molar-refractivity contribution < 1.29 is 9.53 Å². The lowest BCUT2D eigenvalue weighted by molar-refractivity contribution is -0.116. The average molecular weight is 369 g/mol. The van der Waals surface area contributed by atoms with Crippen LogP contribution in [0.5, 0.6) is 0 Å². The largest absolute Gasteiger partial charge is 0.376 e. The number of nitrogens with one attached hydrogen (secondary N) is 1. The number of ether oxygens (including phenoxy) is 1. The number of thiazole rings is 1. The number of carbonyl (C=O) groups is 1. The summed E-state index contributed by atoms with van der Waals surface area (Å²) in [6, 6.07) is 0. The zero-order valence-electron chi connectivity index (χ0n) is 13.5. The van der Waals surface area contributed by atoms with Crippen LogP contribution in [0.15, 0.2) is 15.3 Å². The van der Waals surface area contributed by atoms with Crippen molar-refractivity contribution in [2.75, 3.05) is 18.6 Å². The molecule has 3 rings (SSSR count). The summed E-state index contributed by atoms with van der Waals surface area (Å²) in [4.78, 5) is 29.2. The summed E-state index contributed by atoms with van der Waals surface area (Å²) in [6.07, 6.45) is 2.08. The van der Waals surface area contributed by atoms with E-state index in [1.165, 1.54) is 34.9 Å².